The molecule has 1 aromatic heterocycles. The molecule has 0 unspecified atom stereocenters. The normalized spacial score (nSPS) is 11.7. The Balaban J connectivity index is 1.78. The number of hydrogen-bond donors (Lipinski definition) is 3. The molecule has 1 amide bonds. The SMILES string of the molecule is CC[C@H](Nc1cccc(OC)c1)C(=O)NCCCc1nn[nH]n1. The van der Waals surface area contributed by atoms with Gasteiger partial charge in [0, 0.05) is 24.7 Å². The van der Waals surface area contributed by atoms with Crippen molar-refractivity contribution in [1.82, 2.24) is 25.9 Å². The molecular formula is C15H22N6O2. The van der Waals surface area contributed by atoms with Crippen LogP contribution in [0.15, 0.2) is 24.3 Å². The van der Waals surface area contributed by atoms with E-state index in [1.165, 1.54) is 0 Å². The van der Waals surface area contributed by atoms with E-state index in [9.17, 15) is 4.79 Å². The molecule has 8 nitrogen and oxygen atoms in total. The second-order valence-corrected chi connectivity index (χ2v) is 5.06. The lowest BCUT2D eigenvalue weighted by Crippen LogP contribution is -2.39. The van der Waals surface area contributed by atoms with E-state index in [4.69, 9.17) is 4.74 Å². The largest absolute Gasteiger partial charge is 0.497 e. The van der Waals surface area contributed by atoms with Crippen molar-refractivity contribution >= 4 is 11.6 Å². The van der Waals surface area contributed by atoms with Crippen LogP contribution in [-0.4, -0.2) is 46.2 Å². The minimum atomic E-state index is -0.285. The number of aryl methyl sites for hydroxylation is 1. The molecule has 23 heavy (non-hydrogen) atoms. The fourth-order valence-electron chi connectivity index (χ4n) is 2.14. The molecule has 0 saturated carbocycles. The van der Waals surface area contributed by atoms with Crippen molar-refractivity contribution in [2.24, 2.45) is 0 Å². The van der Waals surface area contributed by atoms with Gasteiger partial charge in [-0.15, -0.1) is 10.2 Å². The van der Waals surface area contributed by atoms with Crippen LogP contribution in [0.4, 0.5) is 5.69 Å². The third-order valence-corrected chi connectivity index (χ3v) is 3.40. The lowest BCUT2D eigenvalue weighted by atomic mass is 10.2. The van der Waals surface area contributed by atoms with Crippen molar-refractivity contribution in [2.45, 2.75) is 32.2 Å². The Morgan fingerprint density at radius 1 is 1.43 bits per heavy atom. The molecule has 8 heteroatoms. The zero-order chi connectivity index (χ0) is 16.5. The van der Waals surface area contributed by atoms with Gasteiger partial charge in [-0.2, -0.15) is 5.21 Å². The van der Waals surface area contributed by atoms with Gasteiger partial charge in [-0.25, -0.2) is 0 Å². The summed E-state index contributed by atoms with van der Waals surface area (Å²) in [7, 11) is 1.62. The number of anilines is 1. The Bertz CT molecular complexity index is 602. The molecule has 2 aromatic rings. The van der Waals surface area contributed by atoms with Crippen molar-refractivity contribution in [3.63, 3.8) is 0 Å². The molecule has 1 heterocycles. The number of amides is 1. The molecule has 0 spiro atoms. The Morgan fingerprint density at radius 3 is 3.00 bits per heavy atom. The van der Waals surface area contributed by atoms with Crippen LogP contribution in [-0.2, 0) is 11.2 Å². The van der Waals surface area contributed by atoms with E-state index in [0.29, 0.717) is 25.2 Å². The molecule has 2 rings (SSSR count). The van der Waals surface area contributed by atoms with Crippen molar-refractivity contribution < 1.29 is 9.53 Å². The summed E-state index contributed by atoms with van der Waals surface area (Å²) in [5, 5.41) is 19.8. The van der Waals surface area contributed by atoms with Gasteiger partial charge in [0.25, 0.3) is 0 Å². The van der Waals surface area contributed by atoms with Crippen molar-refractivity contribution in [3.05, 3.63) is 30.1 Å². The summed E-state index contributed by atoms with van der Waals surface area (Å²) in [6.07, 6.45) is 2.13. The van der Waals surface area contributed by atoms with Gasteiger partial charge in [0.15, 0.2) is 5.82 Å². The van der Waals surface area contributed by atoms with E-state index in [0.717, 1.165) is 17.9 Å². The molecule has 124 valence electrons. The third kappa shape index (κ3) is 5.24. The highest BCUT2D eigenvalue weighted by Gasteiger charge is 2.15. The number of carbonyl (C=O) groups is 1. The number of methoxy groups -OCH3 is 1. The molecule has 0 saturated heterocycles. The number of carbonyl (C=O) groups excluding carboxylic acids is 1. The number of rotatable bonds is 9. The molecule has 0 aliphatic carbocycles. The van der Waals surface area contributed by atoms with Crippen molar-refractivity contribution in [1.29, 1.82) is 0 Å². The van der Waals surface area contributed by atoms with Crippen LogP contribution < -0.4 is 15.4 Å². The second kappa shape index (κ2) is 8.72. The smallest absolute Gasteiger partial charge is 0.242 e. The molecule has 1 atom stereocenters. The summed E-state index contributed by atoms with van der Waals surface area (Å²) in [5.74, 6) is 1.38. The van der Waals surface area contributed by atoms with Gasteiger partial charge in [-0.1, -0.05) is 18.2 Å². The molecule has 0 radical (unpaired) electrons. The minimum Gasteiger partial charge on any atom is -0.497 e. The van der Waals surface area contributed by atoms with E-state index in [2.05, 4.69) is 31.3 Å². The topological polar surface area (TPSA) is 105 Å². The number of nitrogens with zero attached hydrogens (tertiary/aromatic N) is 3. The number of tetrazole rings is 1. The number of benzene rings is 1. The quantitative estimate of drug-likeness (QED) is 0.599. The van der Waals surface area contributed by atoms with Gasteiger partial charge in [-0.3, -0.25) is 4.79 Å². The summed E-state index contributed by atoms with van der Waals surface area (Å²) in [6.45, 7) is 2.54. The lowest BCUT2D eigenvalue weighted by Gasteiger charge is -2.18. The lowest BCUT2D eigenvalue weighted by molar-refractivity contribution is -0.121. The van der Waals surface area contributed by atoms with Crippen LogP contribution in [0.3, 0.4) is 0 Å². The number of nitrogens with one attached hydrogen (secondary N) is 3. The van der Waals surface area contributed by atoms with Gasteiger partial charge >= 0.3 is 0 Å². The molecule has 0 fully saturated rings. The summed E-state index contributed by atoms with van der Waals surface area (Å²) < 4.78 is 5.19. The first kappa shape index (κ1) is 16.7. The predicted molar refractivity (Wildman–Crippen MR) is 86.2 cm³/mol. The summed E-state index contributed by atoms with van der Waals surface area (Å²) in [4.78, 5) is 12.2. The molecule has 0 aliphatic heterocycles. The maximum atomic E-state index is 12.2. The number of aromatic amines is 1. The fraction of sp³-hybridized carbons (Fsp3) is 0.467. The van der Waals surface area contributed by atoms with E-state index in [-0.39, 0.29) is 11.9 Å². The zero-order valence-corrected chi connectivity index (χ0v) is 13.4. The standard InChI is InChI=1S/C15H22N6O2/c1-3-13(17-11-6-4-7-12(10-11)23-2)15(22)16-9-5-8-14-18-20-21-19-14/h4,6-7,10,13,17H,3,5,8-9H2,1-2H3,(H,16,22)(H,18,19,20,21)/t13-/m0/s1. The number of H-pyrrole nitrogens is 1. The van der Waals surface area contributed by atoms with Gasteiger partial charge in [-0.05, 0) is 25.0 Å². The Hall–Kier alpha value is -2.64. The van der Waals surface area contributed by atoms with E-state index in [1.807, 2.05) is 31.2 Å². The fourth-order valence-corrected chi connectivity index (χ4v) is 2.14. The third-order valence-electron chi connectivity index (χ3n) is 3.40. The van der Waals surface area contributed by atoms with Crippen LogP contribution in [0.25, 0.3) is 0 Å². The van der Waals surface area contributed by atoms with Gasteiger partial charge in [0.1, 0.15) is 11.8 Å². The first-order valence-electron chi connectivity index (χ1n) is 7.63. The maximum absolute atomic E-state index is 12.2. The summed E-state index contributed by atoms with van der Waals surface area (Å²) in [6, 6.07) is 7.24. The monoisotopic (exact) mass is 318 g/mol. The predicted octanol–water partition coefficient (Wildman–Crippen LogP) is 1.15. The van der Waals surface area contributed by atoms with E-state index >= 15 is 0 Å². The number of aromatic nitrogens is 4. The average Bonchev–Trinajstić information content (AvgIpc) is 3.10. The molecule has 0 aliphatic rings. The Kier molecular flexibility index (Phi) is 6.34. The molecule has 1 aromatic carbocycles. The number of hydrogen-bond acceptors (Lipinski definition) is 6. The first-order valence-corrected chi connectivity index (χ1v) is 7.63. The van der Waals surface area contributed by atoms with Crippen molar-refractivity contribution in [3.8, 4) is 5.75 Å². The van der Waals surface area contributed by atoms with Crippen LogP contribution in [0.2, 0.25) is 0 Å². The van der Waals surface area contributed by atoms with Crippen molar-refractivity contribution in [2.75, 3.05) is 19.0 Å². The van der Waals surface area contributed by atoms with E-state index in [1.54, 1.807) is 7.11 Å². The second-order valence-electron chi connectivity index (χ2n) is 5.06. The summed E-state index contributed by atoms with van der Waals surface area (Å²) >= 11 is 0. The average molecular weight is 318 g/mol. The van der Waals surface area contributed by atoms with Crippen LogP contribution in [0, 0.1) is 0 Å². The minimum absolute atomic E-state index is 0.0246. The van der Waals surface area contributed by atoms with Gasteiger partial charge in [0.05, 0.1) is 7.11 Å². The molecular weight excluding hydrogens is 296 g/mol. The highest BCUT2D eigenvalue weighted by Crippen LogP contribution is 2.18. The van der Waals surface area contributed by atoms with Gasteiger partial charge < -0.3 is 15.4 Å². The molecule has 3 N–H and O–H groups in total. The maximum Gasteiger partial charge on any atom is 0.242 e. The van der Waals surface area contributed by atoms with Crippen LogP contribution in [0.5, 0.6) is 5.75 Å². The zero-order valence-electron chi connectivity index (χ0n) is 13.4. The molecule has 0 bridgehead atoms. The summed E-state index contributed by atoms with van der Waals surface area (Å²) in [5.41, 5.74) is 0.859. The highest BCUT2D eigenvalue weighted by molar-refractivity contribution is 5.84. The van der Waals surface area contributed by atoms with Crippen LogP contribution in [0.1, 0.15) is 25.6 Å². The van der Waals surface area contributed by atoms with Crippen LogP contribution >= 0.6 is 0 Å². The Morgan fingerprint density at radius 2 is 2.30 bits per heavy atom. The number of ether oxygens (including phenoxy) is 1. The Labute approximate surface area is 135 Å². The van der Waals surface area contributed by atoms with Gasteiger partial charge in [0.2, 0.25) is 5.91 Å². The first-order chi connectivity index (χ1) is 11.2. The van der Waals surface area contributed by atoms with E-state index < -0.39 is 0 Å². The highest BCUT2D eigenvalue weighted by atomic mass is 16.5.